The molecule has 0 heterocycles. The molecule has 0 saturated carbocycles. The van der Waals surface area contributed by atoms with Gasteiger partial charge in [0.1, 0.15) is 6.10 Å². The zero-order valence-corrected chi connectivity index (χ0v) is 10.4. The summed E-state index contributed by atoms with van der Waals surface area (Å²) >= 11 is 0. The summed E-state index contributed by atoms with van der Waals surface area (Å²) in [4.78, 5) is 11.7. The van der Waals surface area contributed by atoms with E-state index >= 15 is 0 Å². The van der Waals surface area contributed by atoms with E-state index in [4.69, 9.17) is 19.4 Å². The fourth-order valence-corrected chi connectivity index (χ4v) is 1.15. The molecule has 0 fully saturated rings. The van der Waals surface area contributed by atoms with E-state index in [-0.39, 0.29) is 19.8 Å². The number of hydrogen-bond donors (Lipinski definition) is 1. The molecule has 18 heavy (non-hydrogen) atoms. The Bertz CT molecular complexity index is 290. The van der Waals surface area contributed by atoms with Crippen LogP contribution in [0.15, 0.2) is 30.5 Å². The molecule has 102 valence electrons. The third-order valence-corrected chi connectivity index (χ3v) is 1.83. The van der Waals surface area contributed by atoms with E-state index in [1.54, 1.807) is 6.92 Å². The van der Waals surface area contributed by atoms with E-state index < -0.39 is 18.2 Å². The number of rotatable bonds is 10. The molecular weight excluding hydrogens is 238 g/mol. The summed E-state index contributed by atoms with van der Waals surface area (Å²) in [5.41, 5.74) is 0. The monoisotopic (exact) mass is 257 g/mol. The van der Waals surface area contributed by atoms with Gasteiger partial charge in [-0.3, -0.25) is 0 Å². The van der Waals surface area contributed by atoms with Crippen LogP contribution in [0.1, 0.15) is 6.92 Å². The van der Waals surface area contributed by atoms with Gasteiger partial charge in [0.25, 0.3) is 0 Å². The van der Waals surface area contributed by atoms with Gasteiger partial charge in [0.2, 0.25) is 0 Å². The molecule has 0 aromatic heterocycles. The van der Waals surface area contributed by atoms with Gasteiger partial charge in [0.15, 0.2) is 6.10 Å². The maximum absolute atomic E-state index is 11.7. The maximum atomic E-state index is 11.7. The fraction of sp³-hybridized carbons (Fsp3) is 0.500. The van der Waals surface area contributed by atoms with Gasteiger partial charge >= 0.3 is 5.97 Å². The van der Waals surface area contributed by atoms with E-state index in [1.165, 1.54) is 12.2 Å². The topological polar surface area (TPSA) is 77.4 Å². The lowest BCUT2D eigenvalue weighted by Crippen LogP contribution is -2.41. The first-order valence-electron chi connectivity index (χ1n) is 5.50. The molecule has 0 aliphatic rings. The van der Waals surface area contributed by atoms with E-state index in [2.05, 4.69) is 18.3 Å². The van der Waals surface area contributed by atoms with Gasteiger partial charge < -0.3 is 19.4 Å². The lowest BCUT2D eigenvalue weighted by Gasteiger charge is -2.21. The molecule has 0 radical (unpaired) electrons. The van der Waals surface area contributed by atoms with Crippen LogP contribution in [0.2, 0.25) is 0 Å². The van der Waals surface area contributed by atoms with Crippen molar-refractivity contribution in [3.8, 4) is 0 Å². The lowest BCUT2D eigenvalue weighted by molar-refractivity contribution is -0.162. The molecule has 6 nitrogen and oxygen atoms in total. The molecule has 6 heteroatoms. The first kappa shape index (κ1) is 16.3. The van der Waals surface area contributed by atoms with Crippen molar-refractivity contribution in [3.05, 3.63) is 25.3 Å². The van der Waals surface area contributed by atoms with Crippen LogP contribution in [-0.2, 0) is 19.0 Å². The Morgan fingerprint density at radius 1 is 1.33 bits per heavy atom. The van der Waals surface area contributed by atoms with Crippen LogP contribution in [-0.4, -0.2) is 49.4 Å². The Labute approximate surface area is 107 Å². The normalized spacial score (nSPS) is 14.1. The standard InChI is InChI=1S/C12H19NO5/c1-4-7-17-10(9-13-15)11(18-8-5-2)12(14)16-6-3/h4-5,9-11,15H,1-2,6-8H2,3H3/b13-9+/t10-,11+/m0/s1. The molecule has 0 aliphatic carbocycles. The second kappa shape index (κ2) is 10.5. The van der Waals surface area contributed by atoms with E-state index in [9.17, 15) is 4.79 Å². The molecule has 0 amide bonds. The second-order valence-electron chi connectivity index (χ2n) is 3.15. The Morgan fingerprint density at radius 2 is 1.94 bits per heavy atom. The molecule has 0 unspecified atom stereocenters. The molecule has 0 aromatic carbocycles. The number of carbonyl (C=O) groups is 1. The smallest absolute Gasteiger partial charge is 0.338 e. The zero-order chi connectivity index (χ0) is 13.8. The minimum atomic E-state index is -1.02. The molecule has 1 N–H and O–H groups in total. The third-order valence-electron chi connectivity index (χ3n) is 1.83. The van der Waals surface area contributed by atoms with Crippen molar-refractivity contribution in [2.75, 3.05) is 19.8 Å². The van der Waals surface area contributed by atoms with Crippen LogP contribution in [0.25, 0.3) is 0 Å². The van der Waals surface area contributed by atoms with Crippen LogP contribution in [0.5, 0.6) is 0 Å². The quantitative estimate of drug-likeness (QED) is 0.209. The molecule has 2 atom stereocenters. The molecule has 0 bridgehead atoms. The van der Waals surface area contributed by atoms with Crippen molar-refractivity contribution in [2.45, 2.75) is 19.1 Å². The summed E-state index contributed by atoms with van der Waals surface area (Å²) in [5.74, 6) is -0.590. The van der Waals surface area contributed by atoms with Crippen molar-refractivity contribution in [1.82, 2.24) is 0 Å². The Balaban J connectivity index is 4.76. The SMILES string of the molecule is C=CCO[C@@H](/C=N/O)[C@@H](OCC=C)C(=O)OCC. The predicted molar refractivity (Wildman–Crippen MR) is 66.8 cm³/mol. The van der Waals surface area contributed by atoms with Crippen LogP contribution in [0, 0.1) is 0 Å². The highest BCUT2D eigenvalue weighted by Gasteiger charge is 2.30. The first-order valence-corrected chi connectivity index (χ1v) is 5.50. The van der Waals surface area contributed by atoms with Crippen molar-refractivity contribution in [3.63, 3.8) is 0 Å². The van der Waals surface area contributed by atoms with Crippen molar-refractivity contribution in [2.24, 2.45) is 5.16 Å². The third kappa shape index (κ3) is 6.17. The molecule has 0 aromatic rings. The van der Waals surface area contributed by atoms with Crippen LogP contribution in [0.3, 0.4) is 0 Å². The van der Waals surface area contributed by atoms with Gasteiger partial charge in [0.05, 0.1) is 26.0 Å². The molecule has 0 saturated heterocycles. The predicted octanol–water partition coefficient (Wildman–Crippen LogP) is 1.15. The summed E-state index contributed by atoms with van der Waals surface area (Å²) in [6.07, 6.45) is 2.19. The van der Waals surface area contributed by atoms with Crippen molar-refractivity contribution >= 4 is 12.2 Å². The van der Waals surface area contributed by atoms with E-state index in [1.807, 2.05) is 0 Å². The van der Waals surface area contributed by atoms with Crippen LogP contribution in [0.4, 0.5) is 0 Å². The molecule has 0 rings (SSSR count). The zero-order valence-electron chi connectivity index (χ0n) is 10.4. The molecule has 0 spiro atoms. The van der Waals surface area contributed by atoms with Gasteiger partial charge in [-0.15, -0.1) is 13.2 Å². The fourth-order valence-electron chi connectivity index (χ4n) is 1.15. The Morgan fingerprint density at radius 3 is 2.44 bits per heavy atom. The maximum Gasteiger partial charge on any atom is 0.338 e. The Hall–Kier alpha value is -1.66. The van der Waals surface area contributed by atoms with E-state index in [0.717, 1.165) is 6.21 Å². The lowest BCUT2D eigenvalue weighted by atomic mass is 10.2. The van der Waals surface area contributed by atoms with Crippen LogP contribution >= 0.6 is 0 Å². The summed E-state index contributed by atoms with van der Waals surface area (Å²) < 4.78 is 15.4. The summed E-state index contributed by atoms with van der Waals surface area (Å²) in [6.45, 7) is 9.21. The van der Waals surface area contributed by atoms with E-state index in [0.29, 0.717) is 0 Å². The first-order chi connectivity index (χ1) is 8.71. The summed E-state index contributed by atoms with van der Waals surface area (Å²) in [6, 6.07) is 0. The van der Waals surface area contributed by atoms with Gasteiger partial charge in [-0.1, -0.05) is 17.3 Å². The van der Waals surface area contributed by atoms with Gasteiger partial charge in [-0.05, 0) is 6.92 Å². The highest BCUT2D eigenvalue weighted by atomic mass is 16.6. The minimum absolute atomic E-state index is 0.150. The average molecular weight is 257 g/mol. The largest absolute Gasteiger partial charge is 0.464 e. The van der Waals surface area contributed by atoms with Gasteiger partial charge in [-0.2, -0.15) is 0 Å². The molecular formula is C12H19NO5. The number of hydrogen-bond acceptors (Lipinski definition) is 6. The summed E-state index contributed by atoms with van der Waals surface area (Å²) in [7, 11) is 0. The highest BCUT2D eigenvalue weighted by Crippen LogP contribution is 2.06. The number of esters is 1. The van der Waals surface area contributed by atoms with Crippen LogP contribution < -0.4 is 0 Å². The summed E-state index contributed by atoms with van der Waals surface area (Å²) in [5, 5.41) is 11.4. The number of oxime groups is 1. The highest BCUT2D eigenvalue weighted by molar-refractivity contribution is 5.81. The average Bonchev–Trinajstić information content (AvgIpc) is 2.36. The van der Waals surface area contributed by atoms with Crippen molar-refractivity contribution in [1.29, 1.82) is 0 Å². The number of nitrogens with zero attached hydrogens (tertiary/aromatic N) is 1. The Kier molecular flexibility index (Phi) is 9.52. The number of carbonyl (C=O) groups excluding carboxylic acids is 1. The van der Waals surface area contributed by atoms with Gasteiger partial charge in [0, 0.05) is 0 Å². The second-order valence-corrected chi connectivity index (χ2v) is 3.15. The van der Waals surface area contributed by atoms with Gasteiger partial charge in [-0.25, -0.2) is 4.79 Å². The molecule has 0 aliphatic heterocycles. The van der Waals surface area contributed by atoms with Crippen molar-refractivity contribution < 1.29 is 24.2 Å². The minimum Gasteiger partial charge on any atom is -0.464 e. The number of ether oxygens (including phenoxy) is 3.